The van der Waals surface area contributed by atoms with Gasteiger partial charge in [0.25, 0.3) is 0 Å². The largest absolute Gasteiger partial charge is 0.496 e. The Hall–Kier alpha value is -4.58. The quantitative estimate of drug-likeness (QED) is 0.297. The molecule has 172 valence electrons. The number of hydrogen-bond acceptors (Lipinski definition) is 5. The Morgan fingerprint density at radius 3 is 1.94 bits per heavy atom. The Balaban J connectivity index is 1.84. The van der Waals surface area contributed by atoms with Crippen LogP contribution in [-0.2, 0) is 0 Å². The van der Waals surface area contributed by atoms with Crippen LogP contribution in [0.15, 0.2) is 85.1 Å². The molecule has 0 saturated heterocycles. The van der Waals surface area contributed by atoms with Crippen molar-refractivity contribution in [2.45, 2.75) is 0 Å². The number of nitrogens with zero attached hydrogens (tertiary/aromatic N) is 3. The molecule has 0 radical (unpaired) electrons. The number of rotatable bonds is 5. The van der Waals surface area contributed by atoms with Gasteiger partial charge in [-0.1, -0.05) is 54.6 Å². The molecular formula is C29H23N3O3. The van der Waals surface area contributed by atoms with Crippen molar-refractivity contribution < 1.29 is 14.2 Å². The number of hydrogen-bond donors (Lipinski definition) is 0. The molecule has 6 aromatic rings. The van der Waals surface area contributed by atoms with Gasteiger partial charge in [-0.3, -0.25) is 9.55 Å². The molecule has 0 bridgehead atoms. The van der Waals surface area contributed by atoms with Crippen molar-refractivity contribution in [1.29, 1.82) is 0 Å². The van der Waals surface area contributed by atoms with Gasteiger partial charge in [-0.25, -0.2) is 4.98 Å². The summed E-state index contributed by atoms with van der Waals surface area (Å²) in [5.41, 5.74) is 3.32. The molecule has 4 aromatic carbocycles. The van der Waals surface area contributed by atoms with E-state index < -0.39 is 0 Å². The lowest BCUT2D eigenvalue weighted by Gasteiger charge is -2.18. The van der Waals surface area contributed by atoms with E-state index in [2.05, 4.69) is 21.7 Å². The van der Waals surface area contributed by atoms with E-state index in [1.807, 2.05) is 66.7 Å². The van der Waals surface area contributed by atoms with E-state index in [0.29, 0.717) is 5.82 Å². The van der Waals surface area contributed by atoms with Gasteiger partial charge in [-0.15, -0.1) is 0 Å². The van der Waals surface area contributed by atoms with Gasteiger partial charge in [-0.2, -0.15) is 0 Å². The summed E-state index contributed by atoms with van der Waals surface area (Å²) in [6.45, 7) is 0. The van der Waals surface area contributed by atoms with Crippen LogP contribution in [-0.4, -0.2) is 35.9 Å². The summed E-state index contributed by atoms with van der Waals surface area (Å²) < 4.78 is 19.7. The van der Waals surface area contributed by atoms with Crippen molar-refractivity contribution >= 4 is 32.6 Å². The fourth-order valence-electron chi connectivity index (χ4n) is 4.82. The fourth-order valence-corrected chi connectivity index (χ4v) is 4.82. The first-order valence-electron chi connectivity index (χ1n) is 11.3. The minimum atomic E-state index is 0.703. The van der Waals surface area contributed by atoms with Gasteiger partial charge in [0.05, 0.1) is 38.1 Å². The molecule has 35 heavy (non-hydrogen) atoms. The Kier molecular flexibility index (Phi) is 4.99. The highest BCUT2D eigenvalue weighted by atomic mass is 16.5. The van der Waals surface area contributed by atoms with E-state index in [1.165, 1.54) is 0 Å². The SMILES string of the molecule is COc1cc(-n2c(-c3ccccn3)nc3cc(OC)c4ccccc4c32)c(OC)c2ccccc12. The predicted molar refractivity (Wildman–Crippen MR) is 139 cm³/mol. The molecule has 6 rings (SSSR count). The van der Waals surface area contributed by atoms with E-state index >= 15 is 0 Å². The average molecular weight is 462 g/mol. The molecule has 0 saturated carbocycles. The van der Waals surface area contributed by atoms with E-state index in [1.54, 1.807) is 27.5 Å². The van der Waals surface area contributed by atoms with Crippen LogP contribution >= 0.6 is 0 Å². The Morgan fingerprint density at radius 1 is 0.657 bits per heavy atom. The molecule has 0 aliphatic carbocycles. The summed E-state index contributed by atoms with van der Waals surface area (Å²) in [5, 5.41) is 3.95. The van der Waals surface area contributed by atoms with E-state index in [4.69, 9.17) is 19.2 Å². The Bertz CT molecular complexity index is 1710. The Labute approximate surface area is 202 Å². The topological polar surface area (TPSA) is 58.4 Å². The molecule has 0 spiro atoms. The minimum Gasteiger partial charge on any atom is -0.496 e. The third-order valence-corrected chi connectivity index (χ3v) is 6.34. The summed E-state index contributed by atoms with van der Waals surface area (Å²) in [5.74, 6) is 2.96. The lowest BCUT2D eigenvalue weighted by atomic mass is 10.1. The smallest absolute Gasteiger partial charge is 0.164 e. The molecule has 2 aromatic heterocycles. The molecule has 6 heteroatoms. The fraction of sp³-hybridized carbons (Fsp3) is 0.103. The molecule has 2 heterocycles. The first kappa shape index (κ1) is 21.0. The van der Waals surface area contributed by atoms with Crippen LogP contribution < -0.4 is 14.2 Å². The highest BCUT2D eigenvalue weighted by Crippen LogP contribution is 2.43. The van der Waals surface area contributed by atoms with Crippen LogP contribution in [0.3, 0.4) is 0 Å². The van der Waals surface area contributed by atoms with Crippen LogP contribution in [0.4, 0.5) is 0 Å². The molecule has 0 atom stereocenters. The van der Waals surface area contributed by atoms with Gasteiger partial charge in [0.1, 0.15) is 17.2 Å². The number of imidazole rings is 1. The third kappa shape index (κ3) is 3.18. The zero-order valence-electron chi connectivity index (χ0n) is 19.6. The number of benzene rings is 4. The highest BCUT2D eigenvalue weighted by Gasteiger charge is 2.24. The summed E-state index contributed by atoms with van der Waals surface area (Å²) in [7, 11) is 5.06. The molecule has 0 amide bonds. The van der Waals surface area contributed by atoms with Crippen LogP contribution in [0.2, 0.25) is 0 Å². The van der Waals surface area contributed by atoms with Gasteiger partial charge >= 0.3 is 0 Å². The summed E-state index contributed by atoms with van der Waals surface area (Å²) >= 11 is 0. The van der Waals surface area contributed by atoms with Crippen LogP contribution in [0.25, 0.3) is 49.8 Å². The van der Waals surface area contributed by atoms with Gasteiger partial charge in [0.15, 0.2) is 11.6 Å². The van der Waals surface area contributed by atoms with Gasteiger partial charge in [0, 0.05) is 39.9 Å². The van der Waals surface area contributed by atoms with Crippen LogP contribution in [0.5, 0.6) is 17.2 Å². The monoisotopic (exact) mass is 461 g/mol. The second kappa shape index (κ2) is 8.33. The van der Waals surface area contributed by atoms with Gasteiger partial charge in [-0.05, 0) is 12.1 Å². The van der Waals surface area contributed by atoms with Crippen molar-refractivity contribution in [3.8, 4) is 34.5 Å². The highest BCUT2D eigenvalue weighted by molar-refractivity contribution is 6.10. The molecule has 0 aliphatic heterocycles. The number of methoxy groups -OCH3 is 3. The normalized spacial score (nSPS) is 11.3. The summed E-state index contributed by atoms with van der Waals surface area (Å²) in [6, 6.07) is 26.1. The maximum Gasteiger partial charge on any atom is 0.164 e. The van der Waals surface area contributed by atoms with Crippen molar-refractivity contribution in [2.75, 3.05) is 21.3 Å². The maximum absolute atomic E-state index is 6.03. The minimum absolute atomic E-state index is 0.703. The van der Waals surface area contributed by atoms with Crippen molar-refractivity contribution in [2.24, 2.45) is 0 Å². The molecule has 0 unspecified atom stereocenters. The Morgan fingerprint density at radius 2 is 1.29 bits per heavy atom. The standard InChI is InChI=1S/C29H23N3O3/c1-33-25-16-23-27(20-12-6-4-10-18(20)25)32(29(31-23)22-14-8-9-15-30-22)24-17-26(34-2)19-11-5-7-13-21(19)28(24)35-3/h4-17H,1-3H3. The first-order chi connectivity index (χ1) is 17.2. The van der Waals surface area contributed by atoms with E-state index in [9.17, 15) is 0 Å². The maximum atomic E-state index is 6.03. The summed E-state index contributed by atoms with van der Waals surface area (Å²) in [4.78, 5) is 9.68. The van der Waals surface area contributed by atoms with Gasteiger partial charge < -0.3 is 14.2 Å². The molecule has 0 N–H and O–H groups in total. The first-order valence-corrected chi connectivity index (χ1v) is 11.3. The lowest BCUT2D eigenvalue weighted by Crippen LogP contribution is -2.03. The van der Waals surface area contributed by atoms with E-state index in [-0.39, 0.29) is 0 Å². The second-order valence-electron chi connectivity index (χ2n) is 8.15. The van der Waals surface area contributed by atoms with Crippen LogP contribution in [0.1, 0.15) is 0 Å². The van der Waals surface area contributed by atoms with Crippen molar-refractivity contribution in [3.05, 3.63) is 85.1 Å². The second-order valence-corrected chi connectivity index (χ2v) is 8.15. The zero-order valence-corrected chi connectivity index (χ0v) is 19.6. The predicted octanol–water partition coefficient (Wildman–Crippen LogP) is 6.42. The molecule has 0 aliphatic rings. The molecular weight excluding hydrogens is 438 g/mol. The number of fused-ring (bicyclic) bond motifs is 4. The van der Waals surface area contributed by atoms with E-state index in [0.717, 1.165) is 61.2 Å². The van der Waals surface area contributed by atoms with Crippen molar-refractivity contribution in [3.63, 3.8) is 0 Å². The van der Waals surface area contributed by atoms with Crippen LogP contribution in [0, 0.1) is 0 Å². The zero-order chi connectivity index (χ0) is 23.9. The number of pyridine rings is 1. The number of aromatic nitrogens is 3. The number of ether oxygens (including phenoxy) is 3. The van der Waals surface area contributed by atoms with Gasteiger partial charge in [0.2, 0.25) is 0 Å². The molecule has 6 nitrogen and oxygen atoms in total. The third-order valence-electron chi connectivity index (χ3n) is 6.34. The average Bonchev–Trinajstić information content (AvgIpc) is 3.31. The molecule has 0 fully saturated rings. The lowest BCUT2D eigenvalue weighted by molar-refractivity contribution is 0.409. The summed E-state index contributed by atoms with van der Waals surface area (Å²) in [6.07, 6.45) is 1.77. The van der Waals surface area contributed by atoms with Crippen molar-refractivity contribution in [1.82, 2.24) is 14.5 Å².